The molecule has 0 spiro atoms. The Morgan fingerprint density at radius 2 is 1.78 bits per heavy atom. The van der Waals surface area contributed by atoms with E-state index < -0.39 is 0 Å². The van der Waals surface area contributed by atoms with Crippen LogP contribution in [-0.4, -0.2) is 39.9 Å². The first-order valence-corrected chi connectivity index (χ1v) is 9.00. The summed E-state index contributed by atoms with van der Waals surface area (Å²) in [5.74, 6) is 2.24. The summed E-state index contributed by atoms with van der Waals surface area (Å²) in [4.78, 5) is 12.5. The number of hydrogen-bond donors (Lipinski definition) is 1. The van der Waals surface area contributed by atoms with Crippen LogP contribution in [0.4, 0.5) is 0 Å². The number of ether oxygens (including phenoxy) is 4. The van der Waals surface area contributed by atoms with Crippen LogP contribution >= 0.6 is 11.6 Å². The SMILES string of the molecule is COc1cc(C(=O)NCCc2cc(Cl)c3c(c2)OCCO3)cc(OC)c1C. The molecule has 6 nitrogen and oxygen atoms in total. The highest BCUT2D eigenvalue weighted by Gasteiger charge is 2.17. The molecule has 2 aromatic rings. The molecule has 0 saturated carbocycles. The quantitative estimate of drug-likeness (QED) is 0.817. The molecular formula is C20H22ClNO5. The minimum atomic E-state index is -0.199. The molecule has 3 rings (SSSR count). The molecule has 7 heteroatoms. The normalized spacial score (nSPS) is 12.4. The van der Waals surface area contributed by atoms with Crippen LogP contribution < -0.4 is 24.3 Å². The molecule has 1 heterocycles. The lowest BCUT2D eigenvalue weighted by atomic mass is 10.1. The average Bonchev–Trinajstić information content (AvgIpc) is 2.68. The Hall–Kier alpha value is -2.60. The van der Waals surface area contributed by atoms with Crippen molar-refractivity contribution in [3.05, 3.63) is 46.0 Å². The molecular weight excluding hydrogens is 370 g/mol. The summed E-state index contributed by atoms with van der Waals surface area (Å²) in [6.45, 7) is 3.32. The second-order valence-electron chi connectivity index (χ2n) is 6.11. The molecule has 1 amide bonds. The fraction of sp³-hybridized carbons (Fsp3) is 0.350. The number of benzene rings is 2. The summed E-state index contributed by atoms with van der Waals surface area (Å²) >= 11 is 6.25. The Kier molecular flexibility index (Phi) is 5.96. The van der Waals surface area contributed by atoms with Gasteiger partial charge in [-0.2, -0.15) is 0 Å². The summed E-state index contributed by atoms with van der Waals surface area (Å²) in [5, 5.41) is 3.42. The lowest BCUT2D eigenvalue weighted by Crippen LogP contribution is -2.26. The van der Waals surface area contributed by atoms with Crippen molar-refractivity contribution >= 4 is 17.5 Å². The van der Waals surface area contributed by atoms with E-state index in [1.165, 1.54) is 0 Å². The largest absolute Gasteiger partial charge is 0.496 e. The third kappa shape index (κ3) is 4.22. The van der Waals surface area contributed by atoms with Crippen LogP contribution in [0.25, 0.3) is 0 Å². The van der Waals surface area contributed by atoms with Gasteiger partial charge in [0.25, 0.3) is 5.91 Å². The highest BCUT2D eigenvalue weighted by atomic mass is 35.5. The number of fused-ring (bicyclic) bond motifs is 1. The maximum absolute atomic E-state index is 12.5. The third-order valence-corrected chi connectivity index (χ3v) is 4.65. The maximum atomic E-state index is 12.5. The van der Waals surface area contributed by atoms with Gasteiger partial charge in [-0.05, 0) is 43.2 Å². The zero-order valence-electron chi connectivity index (χ0n) is 15.6. The summed E-state index contributed by atoms with van der Waals surface area (Å²) in [6, 6.07) is 7.13. The Morgan fingerprint density at radius 1 is 1.11 bits per heavy atom. The molecule has 0 aromatic heterocycles. The number of hydrogen-bond acceptors (Lipinski definition) is 5. The zero-order valence-corrected chi connectivity index (χ0v) is 16.3. The molecule has 27 heavy (non-hydrogen) atoms. The molecule has 0 unspecified atom stereocenters. The van der Waals surface area contributed by atoms with Crippen LogP contribution in [0.3, 0.4) is 0 Å². The molecule has 1 aliphatic heterocycles. The van der Waals surface area contributed by atoms with Crippen LogP contribution in [0.5, 0.6) is 23.0 Å². The lowest BCUT2D eigenvalue weighted by Gasteiger charge is -2.20. The van der Waals surface area contributed by atoms with E-state index in [0.29, 0.717) is 59.8 Å². The fourth-order valence-corrected chi connectivity index (χ4v) is 3.24. The first-order chi connectivity index (χ1) is 13.0. The third-order valence-electron chi connectivity index (χ3n) is 4.37. The van der Waals surface area contributed by atoms with Crippen LogP contribution in [-0.2, 0) is 6.42 Å². The molecule has 0 radical (unpaired) electrons. The second-order valence-corrected chi connectivity index (χ2v) is 6.52. The van der Waals surface area contributed by atoms with E-state index in [1.54, 1.807) is 26.4 Å². The molecule has 1 aliphatic rings. The van der Waals surface area contributed by atoms with Crippen molar-refractivity contribution < 1.29 is 23.7 Å². The van der Waals surface area contributed by atoms with Gasteiger partial charge < -0.3 is 24.3 Å². The van der Waals surface area contributed by atoms with Gasteiger partial charge in [-0.3, -0.25) is 4.79 Å². The van der Waals surface area contributed by atoms with Crippen molar-refractivity contribution in [2.45, 2.75) is 13.3 Å². The number of nitrogens with one attached hydrogen (secondary N) is 1. The van der Waals surface area contributed by atoms with Crippen molar-refractivity contribution in [1.29, 1.82) is 0 Å². The van der Waals surface area contributed by atoms with Crippen LogP contribution in [0.15, 0.2) is 24.3 Å². The zero-order chi connectivity index (χ0) is 19.4. The van der Waals surface area contributed by atoms with Gasteiger partial charge in [-0.25, -0.2) is 0 Å². The van der Waals surface area contributed by atoms with E-state index in [9.17, 15) is 4.79 Å². The Balaban J connectivity index is 1.66. The van der Waals surface area contributed by atoms with Crippen molar-refractivity contribution in [2.24, 2.45) is 0 Å². The highest BCUT2D eigenvalue weighted by Crippen LogP contribution is 2.38. The molecule has 2 aromatic carbocycles. The topological polar surface area (TPSA) is 66.0 Å². The summed E-state index contributed by atoms with van der Waals surface area (Å²) in [5.41, 5.74) is 2.29. The molecule has 144 valence electrons. The molecule has 1 N–H and O–H groups in total. The van der Waals surface area contributed by atoms with Gasteiger partial charge in [0.15, 0.2) is 11.5 Å². The average molecular weight is 392 g/mol. The summed E-state index contributed by atoms with van der Waals surface area (Å²) in [6.07, 6.45) is 0.613. The van der Waals surface area contributed by atoms with E-state index in [1.807, 2.05) is 19.1 Å². The minimum Gasteiger partial charge on any atom is -0.496 e. The Bertz CT molecular complexity index is 828. The lowest BCUT2D eigenvalue weighted by molar-refractivity contribution is 0.0953. The van der Waals surface area contributed by atoms with Crippen LogP contribution in [0.1, 0.15) is 21.5 Å². The molecule has 0 fully saturated rings. The Labute approximate surface area is 163 Å². The number of rotatable bonds is 6. The van der Waals surface area contributed by atoms with Crippen molar-refractivity contribution in [1.82, 2.24) is 5.32 Å². The molecule has 0 atom stereocenters. The maximum Gasteiger partial charge on any atom is 0.251 e. The van der Waals surface area contributed by atoms with Gasteiger partial charge in [0.05, 0.1) is 19.2 Å². The standard InChI is InChI=1S/C20H22ClNO5/c1-12-16(24-2)10-14(11-17(12)25-3)20(23)22-5-4-13-8-15(21)19-18(9-13)26-6-7-27-19/h8-11H,4-7H2,1-3H3,(H,22,23). The van der Waals surface area contributed by atoms with E-state index in [-0.39, 0.29) is 5.91 Å². The van der Waals surface area contributed by atoms with Gasteiger partial charge in [-0.1, -0.05) is 11.6 Å². The Morgan fingerprint density at radius 3 is 2.44 bits per heavy atom. The predicted octanol–water partition coefficient (Wildman–Crippen LogP) is 3.41. The number of carbonyl (C=O) groups is 1. The molecule has 0 aliphatic carbocycles. The number of halogens is 1. The number of carbonyl (C=O) groups excluding carboxylic acids is 1. The van der Waals surface area contributed by atoms with Gasteiger partial charge in [0, 0.05) is 17.7 Å². The van der Waals surface area contributed by atoms with Crippen LogP contribution in [0, 0.1) is 6.92 Å². The van der Waals surface area contributed by atoms with Crippen molar-refractivity contribution in [2.75, 3.05) is 34.0 Å². The molecule has 0 saturated heterocycles. The first kappa shape index (κ1) is 19.2. The number of amides is 1. The van der Waals surface area contributed by atoms with Gasteiger partial charge >= 0.3 is 0 Å². The first-order valence-electron chi connectivity index (χ1n) is 8.62. The number of methoxy groups -OCH3 is 2. The summed E-state index contributed by atoms with van der Waals surface area (Å²) < 4.78 is 21.7. The van der Waals surface area contributed by atoms with Crippen molar-refractivity contribution in [3.8, 4) is 23.0 Å². The van der Waals surface area contributed by atoms with Gasteiger partial charge in [-0.15, -0.1) is 0 Å². The monoisotopic (exact) mass is 391 g/mol. The van der Waals surface area contributed by atoms with E-state index in [2.05, 4.69) is 5.32 Å². The second kappa shape index (κ2) is 8.39. The highest BCUT2D eigenvalue weighted by molar-refractivity contribution is 6.32. The fourth-order valence-electron chi connectivity index (χ4n) is 2.95. The van der Waals surface area contributed by atoms with E-state index in [0.717, 1.165) is 11.1 Å². The van der Waals surface area contributed by atoms with Crippen LogP contribution in [0.2, 0.25) is 5.02 Å². The van der Waals surface area contributed by atoms with E-state index >= 15 is 0 Å². The van der Waals surface area contributed by atoms with Gasteiger partial charge in [0.1, 0.15) is 24.7 Å². The van der Waals surface area contributed by atoms with E-state index in [4.69, 9.17) is 30.5 Å². The predicted molar refractivity (Wildman–Crippen MR) is 103 cm³/mol. The van der Waals surface area contributed by atoms with Gasteiger partial charge in [0.2, 0.25) is 0 Å². The van der Waals surface area contributed by atoms with Crippen molar-refractivity contribution in [3.63, 3.8) is 0 Å². The summed E-state index contributed by atoms with van der Waals surface area (Å²) in [7, 11) is 3.13. The smallest absolute Gasteiger partial charge is 0.251 e. The molecule has 0 bridgehead atoms. The minimum absolute atomic E-state index is 0.199.